The van der Waals surface area contributed by atoms with E-state index >= 15 is 0 Å². The highest BCUT2D eigenvalue weighted by molar-refractivity contribution is 5.79. The van der Waals surface area contributed by atoms with Crippen molar-refractivity contribution in [2.24, 2.45) is 11.8 Å². The highest BCUT2D eigenvalue weighted by atomic mass is 16.2. The van der Waals surface area contributed by atoms with E-state index in [0.29, 0.717) is 18.4 Å². The highest BCUT2D eigenvalue weighted by Crippen LogP contribution is 2.33. The van der Waals surface area contributed by atoms with Gasteiger partial charge in [-0.3, -0.25) is 4.79 Å². The smallest absolute Gasteiger partial charge is 0.226 e. The molecule has 0 bridgehead atoms. The second-order valence-electron chi connectivity index (χ2n) is 6.32. The average molecular weight is 274 g/mol. The molecule has 2 atom stereocenters. The van der Waals surface area contributed by atoms with Crippen molar-refractivity contribution in [2.45, 2.75) is 52.6 Å². The first-order valence-corrected chi connectivity index (χ1v) is 7.64. The lowest BCUT2D eigenvalue weighted by Gasteiger charge is -2.31. The zero-order valence-electron chi connectivity index (χ0n) is 12.8. The number of hydrogen-bond acceptors (Lipinski definition) is 2. The summed E-state index contributed by atoms with van der Waals surface area (Å²) in [5, 5.41) is 0. The summed E-state index contributed by atoms with van der Waals surface area (Å²) in [5.74, 6) is 1.06. The van der Waals surface area contributed by atoms with Crippen molar-refractivity contribution in [1.82, 2.24) is 4.90 Å². The summed E-state index contributed by atoms with van der Waals surface area (Å²) in [5.41, 5.74) is 7.62. The number of hydrogen-bond donors (Lipinski definition) is 1. The Morgan fingerprint density at radius 3 is 2.45 bits per heavy atom. The van der Waals surface area contributed by atoms with Crippen molar-refractivity contribution in [3.63, 3.8) is 0 Å². The number of benzene rings is 1. The molecular formula is C17H26N2O. The molecule has 110 valence electrons. The van der Waals surface area contributed by atoms with E-state index in [1.54, 1.807) is 0 Å². The molecular weight excluding hydrogens is 248 g/mol. The van der Waals surface area contributed by atoms with Crippen molar-refractivity contribution in [3.8, 4) is 0 Å². The van der Waals surface area contributed by atoms with Gasteiger partial charge < -0.3 is 10.6 Å². The first kappa shape index (κ1) is 14.9. The van der Waals surface area contributed by atoms with E-state index in [-0.39, 0.29) is 12.0 Å². The molecule has 0 aromatic heterocycles. The molecule has 1 aromatic carbocycles. The molecule has 0 radical (unpaired) electrons. The number of nitrogens with zero attached hydrogens (tertiary/aromatic N) is 1. The molecule has 3 nitrogen and oxygen atoms in total. The Hall–Kier alpha value is -1.51. The molecule has 2 unspecified atom stereocenters. The summed E-state index contributed by atoms with van der Waals surface area (Å²) >= 11 is 0. The van der Waals surface area contributed by atoms with Gasteiger partial charge in [-0.25, -0.2) is 0 Å². The van der Waals surface area contributed by atoms with Crippen LogP contribution < -0.4 is 5.73 Å². The maximum atomic E-state index is 12.8. The van der Waals surface area contributed by atoms with Crippen LogP contribution in [0.5, 0.6) is 0 Å². The fourth-order valence-electron chi connectivity index (χ4n) is 3.06. The number of anilines is 1. The lowest BCUT2D eigenvalue weighted by Crippen LogP contribution is -2.41. The average Bonchev–Trinajstić information content (AvgIpc) is 2.83. The third-order valence-corrected chi connectivity index (χ3v) is 4.42. The van der Waals surface area contributed by atoms with E-state index in [1.165, 1.54) is 12.8 Å². The van der Waals surface area contributed by atoms with Gasteiger partial charge in [-0.2, -0.15) is 0 Å². The van der Waals surface area contributed by atoms with E-state index in [4.69, 9.17) is 5.73 Å². The molecule has 1 aromatic rings. The number of nitrogen functional groups attached to an aromatic ring is 1. The minimum atomic E-state index is 0.214. The van der Waals surface area contributed by atoms with E-state index in [9.17, 15) is 4.79 Å². The topological polar surface area (TPSA) is 46.3 Å². The van der Waals surface area contributed by atoms with Crippen LogP contribution in [0.1, 0.15) is 45.6 Å². The van der Waals surface area contributed by atoms with Crippen molar-refractivity contribution < 1.29 is 4.79 Å². The fraction of sp³-hybridized carbons (Fsp3) is 0.588. The lowest BCUT2D eigenvalue weighted by molar-refractivity contribution is -0.139. The number of carbonyl (C=O) groups excluding carboxylic acids is 1. The van der Waals surface area contributed by atoms with Crippen LogP contribution in [0.25, 0.3) is 0 Å². The van der Waals surface area contributed by atoms with Crippen LogP contribution in [0.3, 0.4) is 0 Å². The van der Waals surface area contributed by atoms with Gasteiger partial charge in [-0.1, -0.05) is 25.5 Å². The van der Waals surface area contributed by atoms with E-state index < -0.39 is 0 Å². The molecule has 0 spiro atoms. The summed E-state index contributed by atoms with van der Waals surface area (Å²) in [7, 11) is 0. The minimum Gasteiger partial charge on any atom is -0.399 e. The van der Waals surface area contributed by atoms with Crippen LogP contribution in [-0.4, -0.2) is 16.8 Å². The Morgan fingerprint density at radius 2 is 1.95 bits per heavy atom. The maximum Gasteiger partial charge on any atom is 0.226 e. The number of nitrogens with two attached hydrogens (primary N) is 1. The lowest BCUT2D eigenvalue weighted by atomic mass is 9.95. The number of amides is 1. The van der Waals surface area contributed by atoms with E-state index in [0.717, 1.165) is 17.7 Å². The zero-order valence-corrected chi connectivity index (χ0v) is 12.8. The van der Waals surface area contributed by atoms with Gasteiger partial charge in [-0.05, 0) is 50.3 Å². The minimum absolute atomic E-state index is 0.214. The first-order valence-electron chi connectivity index (χ1n) is 7.64. The normalized spacial score (nSPS) is 22.2. The standard InChI is InChI=1S/C17H26N2O/c1-12(2)19(11-14-7-9-15(18)10-8-14)17(20)16-6-4-5-13(16)3/h7-10,12-13,16H,4-6,11,18H2,1-3H3. The van der Waals surface area contributed by atoms with Crippen LogP contribution in [0.2, 0.25) is 0 Å². The summed E-state index contributed by atoms with van der Waals surface area (Å²) < 4.78 is 0. The molecule has 20 heavy (non-hydrogen) atoms. The van der Waals surface area contributed by atoms with Gasteiger partial charge in [-0.15, -0.1) is 0 Å². The Kier molecular flexibility index (Phi) is 4.69. The van der Waals surface area contributed by atoms with Crippen LogP contribution in [0.4, 0.5) is 5.69 Å². The maximum absolute atomic E-state index is 12.8. The van der Waals surface area contributed by atoms with Gasteiger partial charge in [0.1, 0.15) is 0 Å². The first-order chi connectivity index (χ1) is 9.49. The Morgan fingerprint density at radius 1 is 1.30 bits per heavy atom. The molecule has 0 aliphatic heterocycles. The van der Waals surface area contributed by atoms with E-state index in [1.807, 2.05) is 29.2 Å². The van der Waals surface area contributed by atoms with Gasteiger partial charge in [0, 0.05) is 24.2 Å². The SMILES string of the molecule is CC1CCCC1C(=O)N(Cc1ccc(N)cc1)C(C)C. The van der Waals surface area contributed by atoms with Crippen LogP contribution in [0, 0.1) is 11.8 Å². The molecule has 1 fully saturated rings. The molecule has 1 amide bonds. The second kappa shape index (κ2) is 6.29. The van der Waals surface area contributed by atoms with Crippen LogP contribution >= 0.6 is 0 Å². The van der Waals surface area contributed by atoms with Gasteiger partial charge in [0.15, 0.2) is 0 Å². The summed E-state index contributed by atoms with van der Waals surface area (Å²) in [6.45, 7) is 7.07. The van der Waals surface area contributed by atoms with Crippen LogP contribution in [0.15, 0.2) is 24.3 Å². The van der Waals surface area contributed by atoms with Gasteiger partial charge >= 0.3 is 0 Å². The quantitative estimate of drug-likeness (QED) is 0.855. The summed E-state index contributed by atoms with van der Waals surface area (Å²) in [4.78, 5) is 14.8. The van der Waals surface area contributed by atoms with Crippen LogP contribution in [-0.2, 0) is 11.3 Å². The monoisotopic (exact) mass is 274 g/mol. The Labute approximate surface area is 122 Å². The predicted octanol–water partition coefficient (Wildman–Crippen LogP) is 3.44. The van der Waals surface area contributed by atoms with Gasteiger partial charge in [0.2, 0.25) is 5.91 Å². The predicted molar refractivity (Wildman–Crippen MR) is 83.0 cm³/mol. The second-order valence-corrected chi connectivity index (χ2v) is 6.32. The number of rotatable bonds is 4. The molecule has 2 rings (SSSR count). The largest absolute Gasteiger partial charge is 0.399 e. The third-order valence-electron chi connectivity index (χ3n) is 4.42. The molecule has 2 N–H and O–H groups in total. The molecule has 0 saturated heterocycles. The van der Waals surface area contributed by atoms with Gasteiger partial charge in [0.25, 0.3) is 0 Å². The zero-order chi connectivity index (χ0) is 14.7. The number of carbonyl (C=O) groups is 1. The summed E-state index contributed by atoms with van der Waals surface area (Å²) in [6, 6.07) is 8.05. The van der Waals surface area contributed by atoms with Crippen molar-refractivity contribution in [2.75, 3.05) is 5.73 Å². The van der Waals surface area contributed by atoms with Crippen molar-refractivity contribution >= 4 is 11.6 Å². The van der Waals surface area contributed by atoms with Gasteiger partial charge in [0.05, 0.1) is 0 Å². The highest BCUT2D eigenvalue weighted by Gasteiger charge is 2.33. The molecule has 3 heteroatoms. The van der Waals surface area contributed by atoms with Crippen molar-refractivity contribution in [3.05, 3.63) is 29.8 Å². The third kappa shape index (κ3) is 3.33. The molecule has 1 saturated carbocycles. The Balaban J connectivity index is 2.10. The molecule has 1 aliphatic rings. The molecule has 1 aliphatic carbocycles. The fourth-order valence-corrected chi connectivity index (χ4v) is 3.06. The van der Waals surface area contributed by atoms with E-state index in [2.05, 4.69) is 20.8 Å². The Bertz CT molecular complexity index is 453. The van der Waals surface area contributed by atoms with Crippen molar-refractivity contribution in [1.29, 1.82) is 0 Å². The molecule has 0 heterocycles. The summed E-state index contributed by atoms with van der Waals surface area (Å²) in [6.07, 6.45) is 3.42.